The van der Waals surface area contributed by atoms with Crippen molar-refractivity contribution in [3.63, 3.8) is 0 Å². The number of hydrogen-bond donors (Lipinski definition) is 2. The van der Waals surface area contributed by atoms with Gasteiger partial charge in [-0.25, -0.2) is 4.68 Å². The zero-order valence-corrected chi connectivity index (χ0v) is 17.2. The SMILES string of the molecule is CCN(CC)CCNC(=O)c1ccc(-n2cc(-c3n[nH]c4ccccc34)nn2)cc1. The summed E-state index contributed by atoms with van der Waals surface area (Å²) in [5.74, 6) is -0.0732. The van der Waals surface area contributed by atoms with E-state index >= 15 is 0 Å². The maximum Gasteiger partial charge on any atom is 0.251 e. The maximum atomic E-state index is 12.4. The number of carbonyl (C=O) groups excluding carboxylic acids is 1. The van der Waals surface area contributed by atoms with E-state index in [-0.39, 0.29) is 5.91 Å². The molecule has 4 rings (SSSR count). The number of carbonyl (C=O) groups is 1. The van der Waals surface area contributed by atoms with Crippen molar-refractivity contribution in [2.75, 3.05) is 26.2 Å². The van der Waals surface area contributed by atoms with Crippen LogP contribution in [-0.2, 0) is 0 Å². The van der Waals surface area contributed by atoms with Crippen LogP contribution in [0.25, 0.3) is 28.0 Å². The van der Waals surface area contributed by atoms with Gasteiger partial charge in [0.15, 0.2) is 0 Å². The molecule has 30 heavy (non-hydrogen) atoms. The fourth-order valence-electron chi connectivity index (χ4n) is 3.39. The summed E-state index contributed by atoms with van der Waals surface area (Å²) in [7, 11) is 0. The first kappa shape index (κ1) is 19.8. The average molecular weight is 403 g/mol. The van der Waals surface area contributed by atoms with Crippen molar-refractivity contribution in [2.45, 2.75) is 13.8 Å². The van der Waals surface area contributed by atoms with Crippen LogP contribution in [0.4, 0.5) is 0 Å². The highest BCUT2D eigenvalue weighted by molar-refractivity contribution is 5.94. The van der Waals surface area contributed by atoms with Crippen LogP contribution in [0.1, 0.15) is 24.2 Å². The normalized spacial score (nSPS) is 11.3. The van der Waals surface area contributed by atoms with Crippen LogP contribution in [0.3, 0.4) is 0 Å². The Morgan fingerprint density at radius 2 is 1.87 bits per heavy atom. The molecule has 4 aromatic rings. The number of nitrogens with one attached hydrogen (secondary N) is 2. The quantitative estimate of drug-likeness (QED) is 0.472. The van der Waals surface area contributed by atoms with Crippen LogP contribution in [0.2, 0.25) is 0 Å². The highest BCUT2D eigenvalue weighted by Gasteiger charge is 2.13. The summed E-state index contributed by atoms with van der Waals surface area (Å²) < 4.78 is 1.68. The standard InChI is InChI=1S/C22H25N7O/c1-3-28(4-2)14-13-23-22(30)16-9-11-17(12-10-16)29-15-20(25-27-29)21-18-7-5-6-8-19(18)24-26-21/h5-12,15H,3-4,13-14H2,1-2H3,(H,23,30)(H,24,26). The van der Waals surface area contributed by atoms with E-state index in [9.17, 15) is 4.79 Å². The Morgan fingerprint density at radius 3 is 2.63 bits per heavy atom. The number of hydrogen-bond acceptors (Lipinski definition) is 5. The van der Waals surface area contributed by atoms with Crippen molar-refractivity contribution in [2.24, 2.45) is 0 Å². The molecule has 0 aliphatic carbocycles. The van der Waals surface area contributed by atoms with Gasteiger partial charge in [0.05, 0.1) is 17.4 Å². The van der Waals surface area contributed by atoms with E-state index in [0.29, 0.717) is 17.8 Å². The van der Waals surface area contributed by atoms with Crippen LogP contribution in [-0.4, -0.2) is 62.2 Å². The lowest BCUT2D eigenvalue weighted by atomic mass is 10.2. The number of amides is 1. The number of rotatable bonds is 8. The van der Waals surface area contributed by atoms with Gasteiger partial charge in [0, 0.05) is 24.0 Å². The van der Waals surface area contributed by atoms with Crippen LogP contribution >= 0.6 is 0 Å². The molecule has 2 heterocycles. The minimum absolute atomic E-state index is 0.0732. The molecule has 1 amide bonds. The fraction of sp³-hybridized carbons (Fsp3) is 0.273. The summed E-state index contributed by atoms with van der Waals surface area (Å²) in [5, 5.41) is 19.8. The molecule has 0 atom stereocenters. The lowest BCUT2D eigenvalue weighted by molar-refractivity contribution is 0.0949. The number of benzene rings is 2. The molecule has 0 aliphatic heterocycles. The highest BCUT2D eigenvalue weighted by atomic mass is 16.1. The first-order valence-electron chi connectivity index (χ1n) is 10.2. The molecule has 0 saturated carbocycles. The van der Waals surface area contributed by atoms with Crippen molar-refractivity contribution in [3.05, 3.63) is 60.3 Å². The predicted octanol–water partition coefficient (Wildman–Crippen LogP) is 2.88. The van der Waals surface area contributed by atoms with Gasteiger partial charge in [-0.15, -0.1) is 5.10 Å². The third kappa shape index (κ3) is 4.08. The summed E-state index contributed by atoms with van der Waals surface area (Å²) in [4.78, 5) is 14.6. The van der Waals surface area contributed by atoms with Gasteiger partial charge in [0.25, 0.3) is 5.91 Å². The second kappa shape index (κ2) is 8.87. The molecule has 0 bridgehead atoms. The topological polar surface area (TPSA) is 91.7 Å². The zero-order chi connectivity index (χ0) is 20.9. The lowest BCUT2D eigenvalue weighted by Gasteiger charge is -2.17. The molecule has 154 valence electrons. The molecule has 0 saturated heterocycles. The molecule has 0 spiro atoms. The van der Waals surface area contributed by atoms with Crippen molar-refractivity contribution < 1.29 is 4.79 Å². The zero-order valence-electron chi connectivity index (χ0n) is 17.2. The number of H-pyrrole nitrogens is 1. The van der Waals surface area contributed by atoms with Gasteiger partial charge < -0.3 is 10.2 Å². The smallest absolute Gasteiger partial charge is 0.251 e. The summed E-state index contributed by atoms with van der Waals surface area (Å²) in [6.45, 7) is 7.68. The number of nitrogens with zero attached hydrogens (tertiary/aromatic N) is 5. The average Bonchev–Trinajstić information content (AvgIpc) is 3.44. The fourth-order valence-corrected chi connectivity index (χ4v) is 3.39. The Bertz CT molecular complexity index is 1130. The minimum atomic E-state index is -0.0732. The van der Waals surface area contributed by atoms with Gasteiger partial charge in [0.1, 0.15) is 11.4 Å². The monoisotopic (exact) mass is 403 g/mol. The summed E-state index contributed by atoms with van der Waals surface area (Å²) in [6, 6.07) is 15.2. The molecular weight excluding hydrogens is 378 g/mol. The third-order valence-electron chi connectivity index (χ3n) is 5.21. The van der Waals surface area contributed by atoms with Crippen LogP contribution < -0.4 is 5.32 Å². The van der Waals surface area contributed by atoms with Crippen LogP contribution in [0.15, 0.2) is 54.7 Å². The second-order valence-electron chi connectivity index (χ2n) is 7.00. The molecule has 2 N–H and O–H groups in total. The number of para-hydroxylation sites is 1. The van der Waals surface area contributed by atoms with Gasteiger partial charge in [-0.2, -0.15) is 5.10 Å². The number of aromatic nitrogens is 5. The summed E-state index contributed by atoms with van der Waals surface area (Å²) in [5.41, 5.74) is 3.86. The minimum Gasteiger partial charge on any atom is -0.351 e. The maximum absolute atomic E-state index is 12.4. The highest BCUT2D eigenvalue weighted by Crippen LogP contribution is 2.24. The van der Waals surface area contributed by atoms with E-state index in [0.717, 1.165) is 41.9 Å². The Kier molecular flexibility index (Phi) is 5.85. The molecule has 0 radical (unpaired) electrons. The van der Waals surface area contributed by atoms with E-state index in [2.05, 4.69) is 44.6 Å². The van der Waals surface area contributed by atoms with Crippen molar-refractivity contribution in [1.29, 1.82) is 0 Å². The summed E-state index contributed by atoms with van der Waals surface area (Å²) in [6.07, 6.45) is 1.84. The molecule has 8 nitrogen and oxygen atoms in total. The van der Waals surface area contributed by atoms with E-state index < -0.39 is 0 Å². The van der Waals surface area contributed by atoms with Crippen LogP contribution in [0.5, 0.6) is 0 Å². The van der Waals surface area contributed by atoms with Gasteiger partial charge in [-0.3, -0.25) is 9.89 Å². The number of likely N-dealkylation sites (N-methyl/N-ethyl adjacent to an activating group) is 1. The second-order valence-corrected chi connectivity index (χ2v) is 7.00. The van der Waals surface area contributed by atoms with Gasteiger partial charge in [-0.05, 0) is 43.4 Å². The van der Waals surface area contributed by atoms with Crippen molar-refractivity contribution in [1.82, 2.24) is 35.4 Å². The molecule has 0 unspecified atom stereocenters. The first-order chi connectivity index (χ1) is 14.7. The first-order valence-corrected chi connectivity index (χ1v) is 10.2. The molecule has 2 aromatic carbocycles. The Hall–Kier alpha value is -3.52. The molecule has 0 aliphatic rings. The Morgan fingerprint density at radius 1 is 1.10 bits per heavy atom. The lowest BCUT2D eigenvalue weighted by Crippen LogP contribution is -2.34. The van der Waals surface area contributed by atoms with Crippen molar-refractivity contribution >= 4 is 16.8 Å². The Balaban J connectivity index is 1.44. The van der Waals surface area contributed by atoms with Crippen molar-refractivity contribution in [3.8, 4) is 17.1 Å². The van der Waals surface area contributed by atoms with Gasteiger partial charge >= 0.3 is 0 Å². The number of aromatic amines is 1. The largest absolute Gasteiger partial charge is 0.351 e. The van der Waals surface area contributed by atoms with E-state index in [4.69, 9.17) is 0 Å². The number of fused-ring (bicyclic) bond motifs is 1. The molecular formula is C22H25N7O. The van der Waals surface area contributed by atoms with Gasteiger partial charge in [0.2, 0.25) is 0 Å². The van der Waals surface area contributed by atoms with Crippen LogP contribution in [0, 0.1) is 0 Å². The third-order valence-corrected chi connectivity index (χ3v) is 5.21. The molecule has 8 heteroatoms. The predicted molar refractivity (Wildman–Crippen MR) is 117 cm³/mol. The summed E-state index contributed by atoms with van der Waals surface area (Å²) >= 11 is 0. The van der Waals surface area contributed by atoms with E-state index in [1.54, 1.807) is 16.8 Å². The molecule has 2 aromatic heterocycles. The van der Waals surface area contributed by atoms with E-state index in [1.807, 2.05) is 42.6 Å². The Labute approximate surface area is 174 Å². The molecule has 0 fully saturated rings. The van der Waals surface area contributed by atoms with Gasteiger partial charge in [-0.1, -0.05) is 37.3 Å². The van der Waals surface area contributed by atoms with E-state index in [1.165, 1.54) is 0 Å².